The molecule has 6 rings (SSSR count). The molecule has 0 radical (unpaired) electrons. The molecule has 0 unspecified atom stereocenters. The van der Waals surface area contributed by atoms with E-state index in [0.717, 1.165) is 22.5 Å². The van der Waals surface area contributed by atoms with Crippen LogP contribution in [0.1, 0.15) is 22.7 Å². The van der Waals surface area contributed by atoms with Crippen molar-refractivity contribution in [2.75, 3.05) is 18.9 Å². The Bertz CT molecular complexity index is 1320. The number of likely N-dealkylation sites (N-methyl/N-ethyl adjacent to an activating group) is 1. The summed E-state index contributed by atoms with van der Waals surface area (Å²) in [5.41, 5.74) is 2.12. The molecule has 34 heavy (non-hydrogen) atoms. The Morgan fingerprint density at radius 2 is 1.79 bits per heavy atom. The van der Waals surface area contributed by atoms with Crippen molar-refractivity contribution in [3.8, 4) is 0 Å². The van der Waals surface area contributed by atoms with E-state index in [1.807, 2.05) is 84.7 Å². The number of nitrogens with zero attached hydrogens (tertiary/aromatic N) is 3. The van der Waals surface area contributed by atoms with Crippen molar-refractivity contribution < 1.29 is 9.59 Å². The molecule has 170 valence electrons. The number of pyridine rings is 1. The molecule has 0 aliphatic carbocycles. The van der Waals surface area contributed by atoms with Gasteiger partial charge < -0.3 is 5.32 Å². The predicted octanol–water partition coefficient (Wildman–Crippen LogP) is 3.76. The first-order chi connectivity index (χ1) is 16.5. The Balaban J connectivity index is 1.57. The van der Waals surface area contributed by atoms with Gasteiger partial charge >= 0.3 is 0 Å². The summed E-state index contributed by atoms with van der Waals surface area (Å²) >= 11 is 7.17. The molecule has 0 saturated carbocycles. The first-order valence-corrected chi connectivity index (χ1v) is 12.3. The molecule has 2 saturated heterocycles. The molecule has 2 spiro atoms. The number of aromatic nitrogens is 1. The molecule has 3 aliphatic rings. The second kappa shape index (κ2) is 7.73. The van der Waals surface area contributed by atoms with Crippen LogP contribution in [0.2, 0.25) is 0 Å². The minimum absolute atomic E-state index is 0.141. The molecular weight excluding hydrogens is 464 g/mol. The van der Waals surface area contributed by atoms with Crippen LogP contribution in [0.5, 0.6) is 0 Å². The molecule has 3 aromatic rings. The number of likely N-dealkylation sites (tertiary alicyclic amines) is 1. The lowest BCUT2D eigenvalue weighted by Crippen LogP contribution is -2.61. The van der Waals surface area contributed by atoms with E-state index in [-0.39, 0.29) is 17.7 Å². The number of benzene rings is 2. The summed E-state index contributed by atoms with van der Waals surface area (Å²) < 4.78 is -0.694. The highest BCUT2D eigenvalue weighted by atomic mass is 32.2. The Morgan fingerprint density at radius 3 is 2.56 bits per heavy atom. The number of amides is 2. The van der Waals surface area contributed by atoms with Gasteiger partial charge in [-0.05, 0) is 30.8 Å². The lowest BCUT2D eigenvalue weighted by Gasteiger charge is -2.41. The molecule has 2 aromatic carbocycles. The molecule has 1 N–H and O–H groups in total. The first kappa shape index (κ1) is 21.5. The molecule has 2 amide bonds. The van der Waals surface area contributed by atoms with E-state index < -0.39 is 10.3 Å². The number of nitrogens with one attached hydrogen (secondary N) is 1. The van der Waals surface area contributed by atoms with E-state index in [1.54, 1.807) is 11.1 Å². The molecule has 4 heterocycles. The molecule has 8 heteroatoms. The van der Waals surface area contributed by atoms with E-state index in [0.29, 0.717) is 17.4 Å². The lowest BCUT2D eigenvalue weighted by atomic mass is 9.73. The fraction of sp³-hybridized carbons (Fsp3) is 0.231. The third-order valence-corrected chi connectivity index (χ3v) is 9.15. The fourth-order valence-corrected chi connectivity index (χ4v) is 7.94. The topological polar surface area (TPSA) is 65.5 Å². The Morgan fingerprint density at radius 1 is 1.06 bits per heavy atom. The van der Waals surface area contributed by atoms with Crippen LogP contribution in [0.25, 0.3) is 0 Å². The van der Waals surface area contributed by atoms with Gasteiger partial charge in [0.25, 0.3) is 5.91 Å². The Labute approximate surface area is 207 Å². The molecular formula is C26H22N4O2S2. The number of hydrogen-bond acceptors (Lipinski definition) is 6. The van der Waals surface area contributed by atoms with Crippen LogP contribution < -0.4 is 5.32 Å². The SMILES string of the molecule is CN1C[C@@H](c2ccccn2)[C@@]2(SC(=S)N(Cc3ccccc3)C2=O)[C@]12C(=O)Nc1ccccc12. The van der Waals surface area contributed by atoms with E-state index in [9.17, 15) is 9.59 Å². The zero-order chi connectivity index (χ0) is 23.5. The number of thiocarbonyl (C=S) groups is 1. The minimum atomic E-state index is -1.21. The number of anilines is 1. The van der Waals surface area contributed by atoms with E-state index in [2.05, 4.69) is 10.3 Å². The van der Waals surface area contributed by atoms with E-state index >= 15 is 0 Å². The van der Waals surface area contributed by atoms with Crippen LogP contribution in [0.4, 0.5) is 5.69 Å². The summed E-state index contributed by atoms with van der Waals surface area (Å²) in [5.74, 6) is -0.662. The zero-order valence-corrected chi connectivity index (χ0v) is 20.1. The van der Waals surface area contributed by atoms with Crippen LogP contribution in [0.3, 0.4) is 0 Å². The highest BCUT2D eigenvalue weighted by Gasteiger charge is 2.77. The third-order valence-electron chi connectivity index (χ3n) is 7.21. The Hall–Kier alpha value is -3.07. The summed E-state index contributed by atoms with van der Waals surface area (Å²) in [4.78, 5) is 36.8. The highest BCUT2D eigenvalue weighted by Crippen LogP contribution is 2.65. The summed E-state index contributed by atoms with van der Waals surface area (Å²) in [7, 11) is 1.92. The van der Waals surface area contributed by atoms with Crippen molar-refractivity contribution in [3.63, 3.8) is 0 Å². The largest absolute Gasteiger partial charge is 0.324 e. The van der Waals surface area contributed by atoms with Crippen LogP contribution in [0.15, 0.2) is 79.0 Å². The summed E-state index contributed by atoms with van der Waals surface area (Å²) in [6, 6.07) is 23.2. The molecule has 3 aliphatic heterocycles. The van der Waals surface area contributed by atoms with Gasteiger partial charge in [-0.25, -0.2) is 0 Å². The van der Waals surface area contributed by atoms with Gasteiger partial charge in [0.2, 0.25) is 5.91 Å². The van der Waals surface area contributed by atoms with Crippen molar-refractivity contribution in [1.82, 2.24) is 14.8 Å². The molecule has 0 bridgehead atoms. The van der Waals surface area contributed by atoms with Gasteiger partial charge in [-0.2, -0.15) is 0 Å². The monoisotopic (exact) mass is 486 g/mol. The smallest absolute Gasteiger partial charge is 0.251 e. The number of hydrogen-bond donors (Lipinski definition) is 1. The summed E-state index contributed by atoms with van der Waals surface area (Å²) in [6.07, 6.45) is 1.74. The maximum Gasteiger partial charge on any atom is 0.251 e. The first-order valence-electron chi connectivity index (χ1n) is 11.1. The van der Waals surface area contributed by atoms with Crippen molar-refractivity contribution in [1.29, 1.82) is 0 Å². The number of carbonyl (C=O) groups excluding carboxylic acids is 2. The van der Waals surface area contributed by atoms with Crippen LogP contribution in [-0.4, -0.2) is 49.3 Å². The van der Waals surface area contributed by atoms with Gasteiger partial charge in [0.05, 0.1) is 6.54 Å². The van der Waals surface area contributed by atoms with Gasteiger partial charge in [-0.15, -0.1) is 0 Å². The van der Waals surface area contributed by atoms with Gasteiger partial charge in [-0.3, -0.25) is 24.4 Å². The quantitative estimate of drug-likeness (QED) is 0.569. The maximum atomic E-state index is 14.6. The minimum Gasteiger partial charge on any atom is -0.324 e. The molecule has 2 fully saturated rings. The summed E-state index contributed by atoms with van der Waals surface area (Å²) in [6.45, 7) is 0.866. The van der Waals surface area contributed by atoms with Gasteiger partial charge in [0.1, 0.15) is 9.07 Å². The second-order valence-corrected chi connectivity index (χ2v) is 10.8. The fourth-order valence-electron chi connectivity index (χ4n) is 5.82. The van der Waals surface area contributed by atoms with Gasteiger partial charge in [0.15, 0.2) is 5.54 Å². The lowest BCUT2D eigenvalue weighted by molar-refractivity contribution is -0.138. The Kier molecular flexibility index (Phi) is 4.88. The molecule has 3 atom stereocenters. The average molecular weight is 487 g/mol. The van der Waals surface area contributed by atoms with Crippen molar-refractivity contribution in [2.45, 2.75) is 22.7 Å². The van der Waals surface area contributed by atoms with Crippen molar-refractivity contribution >= 4 is 45.8 Å². The number of thioether (sulfide) groups is 1. The van der Waals surface area contributed by atoms with Crippen LogP contribution >= 0.6 is 24.0 Å². The summed E-state index contributed by atoms with van der Waals surface area (Å²) in [5, 5.41) is 3.06. The number of para-hydroxylation sites is 1. The molecule has 1 aromatic heterocycles. The van der Waals surface area contributed by atoms with Crippen molar-refractivity contribution in [3.05, 3.63) is 95.8 Å². The predicted molar refractivity (Wildman–Crippen MR) is 136 cm³/mol. The third kappa shape index (κ3) is 2.67. The van der Waals surface area contributed by atoms with Gasteiger partial charge in [-0.1, -0.05) is 78.6 Å². The van der Waals surface area contributed by atoms with E-state index in [1.165, 1.54) is 11.8 Å². The highest BCUT2D eigenvalue weighted by molar-refractivity contribution is 8.25. The average Bonchev–Trinajstić information content (AvgIpc) is 3.40. The molecule has 6 nitrogen and oxygen atoms in total. The van der Waals surface area contributed by atoms with E-state index in [4.69, 9.17) is 12.2 Å². The number of carbonyl (C=O) groups is 2. The standard InChI is InChI=1S/C26H22N4O2S2/c1-29-16-19(20-12-7-8-14-27-20)26(25(29)18-11-5-6-13-21(18)28-22(25)31)23(32)30(24(33)34-26)15-17-9-3-2-4-10-17/h2-14,19H,15-16H2,1H3,(H,28,31)/t19-,25-,26-/m0/s1. The van der Waals surface area contributed by atoms with Gasteiger partial charge in [0, 0.05) is 35.6 Å². The number of fused-ring (bicyclic) bond motifs is 3. The van der Waals surface area contributed by atoms with Crippen LogP contribution in [-0.2, 0) is 21.7 Å². The maximum absolute atomic E-state index is 14.6. The zero-order valence-electron chi connectivity index (χ0n) is 18.5. The second-order valence-electron chi connectivity index (χ2n) is 8.88. The van der Waals surface area contributed by atoms with Crippen LogP contribution in [0, 0.1) is 0 Å². The number of rotatable bonds is 3. The normalized spacial score (nSPS) is 28.2. The van der Waals surface area contributed by atoms with Crippen molar-refractivity contribution in [2.24, 2.45) is 0 Å².